The summed E-state index contributed by atoms with van der Waals surface area (Å²) in [6.45, 7) is 6.37. The Bertz CT molecular complexity index is 1220. The van der Waals surface area contributed by atoms with Gasteiger partial charge in [-0.15, -0.1) is 0 Å². The fourth-order valence-electron chi connectivity index (χ4n) is 3.74. The van der Waals surface area contributed by atoms with E-state index in [1.54, 1.807) is 36.1 Å². The molecule has 33 heavy (non-hydrogen) atoms. The molecule has 0 radical (unpaired) electrons. The topological polar surface area (TPSA) is 114 Å². The largest absolute Gasteiger partial charge is 0.437 e. The van der Waals surface area contributed by atoms with Crippen LogP contribution in [-0.2, 0) is 4.79 Å². The van der Waals surface area contributed by atoms with Gasteiger partial charge < -0.3 is 20.4 Å². The third kappa shape index (κ3) is 4.85. The van der Waals surface area contributed by atoms with Gasteiger partial charge in [-0.25, -0.2) is 9.98 Å². The lowest BCUT2D eigenvalue weighted by Crippen LogP contribution is -2.27. The third-order valence-corrected chi connectivity index (χ3v) is 5.55. The molecule has 1 aromatic heterocycles. The van der Waals surface area contributed by atoms with Crippen LogP contribution in [0.4, 0.5) is 0 Å². The van der Waals surface area contributed by atoms with Crippen LogP contribution in [0.5, 0.6) is 5.75 Å². The molecule has 8 heteroatoms. The van der Waals surface area contributed by atoms with Gasteiger partial charge in [0.1, 0.15) is 5.75 Å². The SMILES string of the molecule is C=CC=N/C(Oc1ccc(C(=O)c2nc3ccccc3[nH]2)cc1)=C(\N)[C@@H]1CCN(C(C)=O)C1. The van der Waals surface area contributed by atoms with Gasteiger partial charge in [0.15, 0.2) is 5.82 Å². The molecule has 168 valence electrons. The van der Waals surface area contributed by atoms with Gasteiger partial charge >= 0.3 is 0 Å². The fourth-order valence-corrected chi connectivity index (χ4v) is 3.74. The molecule has 3 N–H and O–H groups in total. The van der Waals surface area contributed by atoms with Crippen molar-refractivity contribution in [2.24, 2.45) is 16.6 Å². The van der Waals surface area contributed by atoms with Crippen LogP contribution >= 0.6 is 0 Å². The third-order valence-electron chi connectivity index (χ3n) is 5.55. The number of likely N-dealkylation sites (tertiary alicyclic amines) is 1. The highest BCUT2D eigenvalue weighted by molar-refractivity contribution is 6.08. The first-order valence-electron chi connectivity index (χ1n) is 10.6. The number of fused-ring (bicyclic) bond motifs is 1. The number of aromatic amines is 1. The highest BCUT2D eigenvalue weighted by Gasteiger charge is 2.28. The van der Waals surface area contributed by atoms with Crippen LogP contribution in [0.3, 0.4) is 0 Å². The summed E-state index contributed by atoms with van der Waals surface area (Å²) in [6, 6.07) is 14.2. The van der Waals surface area contributed by atoms with Gasteiger partial charge in [-0.2, -0.15) is 0 Å². The van der Waals surface area contributed by atoms with E-state index in [2.05, 4.69) is 21.5 Å². The first-order chi connectivity index (χ1) is 16.0. The zero-order valence-corrected chi connectivity index (χ0v) is 18.3. The van der Waals surface area contributed by atoms with E-state index in [1.807, 2.05) is 24.3 Å². The van der Waals surface area contributed by atoms with Crippen LogP contribution in [0.1, 0.15) is 29.5 Å². The normalized spacial score (nSPS) is 16.8. The van der Waals surface area contributed by atoms with E-state index in [9.17, 15) is 9.59 Å². The van der Waals surface area contributed by atoms with Gasteiger partial charge in [-0.3, -0.25) is 9.59 Å². The second kappa shape index (κ2) is 9.52. The number of carbonyl (C=O) groups excluding carboxylic acids is 2. The number of nitrogens with zero attached hydrogens (tertiary/aromatic N) is 3. The van der Waals surface area contributed by atoms with E-state index in [1.165, 1.54) is 12.3 Å². The van der Waals surface area contributed by atoms with Crippen LogP contribution < -0.4 is 10.5 Å². The quantitative estimate of drug-likeness (QED) is 0.330. The second-order valence-electron chi connectivity index (χ2n) is 7.78. The summed E-state index contributed by atoms with van der Waals surface area (Å²) >= 11 is 0. The van der Waals surface area contributed by atoms with Crippen molar-refractivity contribution < 1.29 is 14.3 Å². The molecule has 2 heterocycles. The molecule has 2 aromatic carbocycles. The number of hydrogen-bond donors (Lipinski definition) is 2. The summed E-state index contributed by atoms with van der Waals surface area (Å²) in [5.41, 5.74) is 8.86. The van der Waals surface area contributed by atoms with Crippen molar-refractivity contribution in [2.45, 2.75) is 13.3 Å². The number of aromatic nitrogens is 2. The zero-order valence-electron chi connectivity index (χ0n) is 18.3. The van der Waals surface area contributed by atoms with Crippen molar-refractivity contribution in [2.75, 3.05) is 13.1 Å². The molecule has 3 aromatic rings. The number of benzene rings is 2. The number of aliphatic imine (C=N–C) groups is 1. The number of H-pyrrole nitrogens is 1. The smallest absolute Gasteiger partial charge is 0.238 e. The minimum absolute atomic E-state index is 0.0204. The monoisotopic (exact) mass is 443 g/mol. The van der Waals surface area contributed by atoms with Crippen molar-refractivity contribution in [3.8, 4) is 5.75 Å². The number of nitrogens with one attached hydrogen (secondary N) is 1. The summed E-state index contributed by atoms with van der Waals surface area (Å²) in [7, 11) is 0. The number of imidazole rings is 1. The van der Waals surface area contributed by atoms with E-state index in [-0.39, 0.29) is 29.3 Å². The Morgan fingerprint density at radius 1 is 1.24 bits per heavy atom. The fraction of sp³-hybridized carbons (Fsp3) is 0.200. The summed E-state index contributed by atoms with van der Waals surface area (Å²) in [4.78, 5) is 37.9. The van der Waals surface area contributed by atoms with E-state index < -0.39 is 0 Å². The Morgan fingerprint density at radius 2 is 2.00 bits per heavy atom. The van der Waals surface area contributed by atoms with E-state index in [0.29, 0.717) is 30.1 Å². The predicted octanol–water partition coefficient (Wildman–Crippen LogP) is 3.43. The van der Waals surface area contributed by atoms with Gasteiger partial charge in [0, 0.05) is 37.7 Å². The lowest BCUT2D eigenvalue weighted by Gasteiger charge is -2.16. The Labute approximate surface area is 191 Å². The number of carbonyl (C=O) groups is 2. The van der Waals surface area contributed by atoms with Crippen LogP contribution in [-0.4, -0.2) is 45.9 Å². The molecule has 0 aliphatic carbocycles. The van der Waals surface area contributed by atoms with E-state index >= 15 is 0 Å². The number of hydrogen-bond acceptors (Lipinski definition) is 6. The summed E-state index contributed by atoms with van der Waals surface area (Å²) in [6.07, 6.45) is 3.77. The maximum atomic E-state index is 12.8. The molecule has 1 amide bonds. The molecule has 0 saturated carbocycles. The number of allylic oxidation sites excluding steroid dienone is 1. The van der Waals surface area contributed by atoms with Gasteiger partial charge in [0.2, 0.25) is 17.6 Å². The summed E-state index contributed by atoms with van der Waals surface area (Å²) in [5, 5.41) is 0. The highest BCUT2D eigenvalue weighted by Crippen LogP contribution is 2.26. The first kappa shape index (κ1) is 22.0. The van der Waals surface area contributed by atoms with E-state index in [4.69, 9.17) is 10.5 Å². The summed E-state index contributed by atoms with van der Waals surface area (Å²) in [5.74, 6) is 0.778. The average Bonchev–Trinajstić information content (AvgIpc) is 3.49. The Kier molecular flexibility index (Phi) is 6.35. The first-order valence-corrected chi connectivity index (χ1v) is 10.6. The molecule has 1 atom stereocenters. The molecule has 1 fully saturated rings. The minimum Gasteiger partial charge on any atom is -0.437 e. The molecule has 1 saturated heterocycles. The van der Waals surface area contributed by atoms with Crippen LogP contribution in [0.25, 0.3) is 11.0 Å². The molecule has 0 bridgehead atoms. The maximum Gasteiger partial charge on any atom is 0.238 e. The molecule has 1 aliphatic heterocycles. The molecule has 8 nitrogen and oxygen atoms in total. The standard InChI is InChI=1S/C25H25N5O3/c1-3-13-27-25(22(26)18-12-14-30(15-18)16(2)31)33-19-10-8-17(9-11-19)23(32)24-28-20-6-4-5-7-21(20)29-24/h3-11,13,18H,1,12,14-15,26H2,2H3,(H,28,29)/b25-22+,27-13?/t18-/m1/s1. The number of amides is 1. The number of ether oxygens (including phenoxy) is 1. The molecule has 0 unspecified atom stereocenters. The molecule has 0 spiro atoms. The lowest BCUT2D eigenvalue weighted by atomic mass is 10.1. The van der Waals surface area contributed by atoms with Gasteiger partial charge in [-0.05, 0) is 42.8 Å². The number of para-hydroxylation sites is 2. The Hall–Kier alpha value is -4.20. The highest BCUT2D eigenvalue weighted by atomic mass is 16.5. The van der Waals surface area contributed by atoms with Crippen molar-refractivity contribution in [1.29, 1.82) is 0 Å². The van der Waals surface area contributed by atoms with Crippen LogP contribution in [0.15, 0.2) is 77.8 Å². The molecular formula is C25H25N5O3. The van der Waals surface area contributed by atoms with Crippen molar-refractivity contribution >= 4 is 28.9 Å². The molecular weight excluding hydrogens is 418 g/mol. The average molecular weight is 444 g/mol. The van der Waals surface area contributed by atoms with Crippen LogP contribution in [0, 0.1) is 5.92 Å². The van der Waals surface area contributed by atoms with Crippen molar-refractivity contribution in [3.63, 3.8) is 0 Å². The second-order valence-corrected chi connectivity index (χ2v) is 7.78. The zero-order chi connectivity index (χ0) is 23.4. The predicted molar refractivity (Wildman–Crippen MR) is 127 cm³/mol. The Morgan fingerprint density at radius 3 is 2.67 bits per heavy atom. The summed E-state index contributed by atoms with van der Waals surface area (Å²) < 4.78 is 5.95. The lowest BCUT2D eigenvalue weighted by molar-refractivity contribution is -0.127. The van der Waals surface area contributed by atoms with Gasteiger partial charge in [0.05, 0.1) is 16.7 Å². The van der Waals surface area contributed by atoms with E-state index in [0.717, 1.165) is 17.5 Å². The Balaban J connectivity index is 1.52. The number of rotatable bonds is 7. The van der Waals surface area contributed by atoms with Crippen molar-refractivity contribution in [3.05, 3.63) is 84.2 Å². The van der Waals surface area contributed by atoms with Crippen LogP contribution in [0.2, 0.25) is 0 Å². The minimum atomic E-state index is -0.215. The molecule has 4 rings (SSSR count). The number of nitrogens with two attached hydrogens (primary N) is 1. The van der Waals surface area contributed by atoms with Gasteiger partial charge in [-0.1, -0.05) is 24.8 Å². The van der Waals surface area contributed by atoms with Crippen molar-refractivity contribution in [1.82, 2.24) is 14.9 Å². The number of ketones is 1. The van der Waals surface area contributed by atoms with Gasteiger partial charge in [0.25, 0.3) is 0 Å². The molecule has 1 aliphatic rings. The maximum absolute atomic E-state index is 12.8.